The molecule has 0 bridgehead atoms. The Bertz CT molecular complexity index is 328. The molecule has 0 N–H and O–H groups in total. The van der Waals surface area contributed by atoms with E-state index in [0.29, 0.717) is 0 Å². The van der Waals surface area contributed by atoms with Crippen molar-refractivity contribution in [1.82, 2.24) is 0 Å². The van der Waals surface area contributed by atoms with Gasteiger partial charge in [0.05, 0.1) is 6.57 Å². The van der Waals surface area contributed by atoms with Crippen molar-refractivity contribution in [3.63, 3.8) is 0 Å². The number of hydrogen-bond acceptors (Lipinski definition) is 0. The lowest BCUT2D eigenvalue weighted by molar-refractivity contribution is 0.151. The molecule has 0 radical (unpaired) electrons. The van der Waals surface area contributed by atoms with Crippen LogP contribution in [0.1, 0.15) is 12.0 Å². The van der Waals surface area contributed by atoms with Gasteiger partial charge in [-0.25, -0.2) is 18.0 Å². The van der Waals surface area contributed by atoms with Crippen molar-refractivity contribution in [2.45, 2.75) is 6.43 Å². The quantitative estimate of drug-likeness (QED) is 0.571. The molecule has 62 valence electrons. The molecule has 0 unspecified atom stereocenters. The standard InChI is InChI=1S/C8H4F3N/c1-12-7-4-5(8(10)11)2-3-6(7)9/h2-4,8H. The summed E-state index contributed by atoms with van der Waals surface area (Å²) in [7, 11) is 0. The third-order valence-corrected chi connectivity index (χ3v) is 1.34. The van der Waals surface area contributed by atoms with Gasteiger partial charge in [-0.15, -0.1) is 0 Å². The van der Waals surface area contributed by atoms with E-state index in [1.54, 1.807) is 0 Å². The Labute approximate surface area is 67.3 Å². The van der Waals surface area contributed by atoms with Gasteiger partial charge in [-0.3, -0.25) is 0 Å². The van der Waals surface area contributed by atoms with Crippen molar-refractivity contribution in [2.24, 2.45) is 0 Å². The Morgan fingerprint density at radius 3 is 2.50 bits per heavy atom. The largest absolute Gasteiger partial charge is 0.262 e. The molecule has 1 rings (SSSR count). The first-order chi connectivity index (χ1) is 5.65. The molecule has 1 aromatic rings. The highest BCUT2D eigenvalue weighted by molar-refractivity contribution is 5.48. The van der Waals surface area contributed by atoms with Crippen LogP contribution in [0.3, 0.4) is 0 Å². The van der Waals surface area contributed by atoms with Crippen molar-refractivity contribution in [3.05, 3.63) is 41.0 Å². The van der Waals surface area contributed by atoms with Crippen LogP contribution in [0.5, 0.6) is 0 Å². The molecule has 0 aliphatic rings. The second-order valence-electron chi connectivity index (χ2n) is 2.12. The van der Waals surface area contributed by atoms with Crippen LogP contribution in [0.2, 0.25) is 0 Å². The predicted octanol–water partition coefficient (Wildman–Crippen LogP) is 3.31. The zero-order valence-electron chi connectivity index (χ0n) is 5.89. The molecule has 0 amide bonds. The van der Waals surface area contributed by atoms with E-state index in [1.807, 2.05) is 0 Å². The molecule has 0 aliphatic heterocycles. The summed E-state index contributed by atoms with van der Waals surface area (Å²) >= 11 is 0. The normalized spacial score (nSPS) is 9.92. The second kappa shape index (κ2) is 3.26. The van der Waals surface area contributed by atoms with E-state index in [9.17, 15) is 13.2 Å². The third-order valence-electron chi connectivity index (χ3n) is 1.34. The Hall–Kier alpha value is -1.50. The minimum Gasteiger partial charge on any atom is -0.235 e. The fraction of sp³-hybridized carbons (Fsp3) is 0.125. The summed E-state index contributed by atoms with van der Waals surface area (Å²) < 4.78 is 36.6. The van der Waals surface area contributed by atoms with Crippen LogP contribution in [0.25, 0.3) is 4.85 Å². The van der Waals surface area contributed by atoms with Gasteiger partial charge < -0.3 is 0 Å². The van der Waals surface area contributed by atoms with Crippen LogP contribution in [0, 0.1) is 12.4 Å². The first kappa shape index (κ1) is 8.60. The summed E-state index contributed by atoms with van der Waals surface area (Å²) in [6, 6.07) is 2.69. The number of halogens is 3. The minimum absolute atomic E-state index is 0.331. The second-order valence-corrected chi connectivity index (χ2v) is 2.12. The van der Waals surface area contributed by atoms with Crippen molar-refractivity contribution < 1.29 is 13.2 Å². The number of alkyl halides is 2. The van der Waals surface area contributed by atoms with E-state index in [4.69, 9.17) is 6.57 Å². The van der Waals surface area contributed by atoms with Crippen molar-refractivity contribution in [3.8, 4) is 0 Å². The molecule has 0 heterocycles. The van der Waals surface area contributed by atoms with Gasteiger partial charge in [0.25, 0.3) is 6.43 Å². The first-order valence-electron chi connectivity index (χ1n) is 3.10. The molecule has 0 fully saturated rings. The molecule has 0 saturated heterocycles. The van der Waals surface area contributed by atoms with Crippen LogP contribution in [-0.2, 0) is 0 Å². The maximum Gasteiger partial charge on any atom is 0.262 e. The number of nitrogens with zero attached hydrogens (tertiary/aromatic N) is 1. The molecular formula is C8H4F3N. The fourth-order valence-electron chi connectivity index (χ4n) is 0.751. The van der Waals surface area contributed by atoms with Crippen molar-refractivity contribution in [2.75, 3.05) is 0 Å². The maximum absolute atomic E-state index is 12.6. The molecule has 0 atom stereocenters. The van der Waals surface area contributed by atoms with Crippen LogP contribution in [0.15, 0.2) is 18.2 Å². The summed E-state index contributed by atoms with van der Waals surface area (Å²) in [5, 5.41) is 0. The van der Waals surface area contributed by atoms with E-state index in [2.05, 4.69) is 4.85 Å². The van der Waals surface area contributed by atoms with Crippen LogP contribution < -0.4 is 0 Å². The highest BCUT2D eigenvalue weighted by Crippen LogP contribution is 2.25. The summed E-state index contributed by atoms with van der Waals surface area (Å²) in [5.74, 6) is -0.769. The van der Waals surface area contributed by atoms with Gasteiger partial charge in [0.2, 0.25) is 5.69 Å². The molecule has 0 saturated carbocycles. The first-order valence-corrected chi connectivity index (χ1v) is 3.10. The molecule has 0 aromatic heterocycles. The van der Waals surface area contributed by atoms with Crippen molar-refractivity contribution in [1.29, 1.82) is 0 Å². The van der Waals surface area contributed by atoms with Crippen LogP contribution in [-0.4, -0.2) is 0 Å². The highest BCUT2D eigenvalue weighted by Gasteiger charge is 2.09. The van der Waals surface area contributed by atoms with E-state index >= 15 is 0 Å². The lowest BCUT2D eigenvalue weighted by Crippen LogP contribution is -1.84. The average molecular weight is 171 g/mol. The predicted molar refractivity (Wildman–Crippen MR) is 37.6 cm³/mol. The summed E-state index contributed by atoms with van der Waals surface area (Å²) in [6.45, 7) is 6.46. The van der Waals surface area contributed by atoms with E-state index in [1.165, 1.54) is 0 Å². The van der Waals surface area contributed by atoms with Crippen LogP contribution in [0.4, 0.5) is 18.9 Å². The monoisotopic (exact) mass is 171 g/mol. The molecule has 1 aromatic carbocycles. The molecule has 0 spiro atoms. The van der Waals surface area contributed by atoms with Gasteiger partial charge in [0.15, 0.2) is 0 Å². The van der Waals surface area contributed by atoms with Gasteiger partial charge in [0, 0.05) is 5.56 Å². The average Bonchev–Trinajstić information content (AvgIpc) is 2.05. The molecule has 12 heavy (non-hydrogen) atoms. The van der Waals surface area contributed by atoms with Gasteiger partial charge in [0.1, 0.15) is 5.82 Å². The van der Waals surface area contributed by atoms with E-state index < -0.39 is 12.2 Å². The molecule has 4 heteroatoms. The lowest BCUT2D eigenvalue weighted by atomic mass is 10.2. The number of rotatable bonds is 1. The third kappa shape index (κ3) is 1.56. The molecular weight excluding hydrogens is 167 g/mol. The zero-order valence-corrected chi connectivity index (χ0v) is 5.89. The summed E-state index contributed by atoms with van der Waals surface area (Å²) in [6.07, 6.45) is -2.66. The number of benzene rings is 1. The highest BCUT2D eigenvalue weighted by atomic mass is 19.3. The minimum atomic E-state index is -2.66. The van der Waals surface area contributed by atoms with Gasteiger partial charge in [-0.05, 0) is 12.1 Å². The Morgan fingerprint density at radius 2 is 2.00 bits per heavy atom. The maximum atomic E-state index is 12.6. The molecule has 0 aliphatic carbocycles. The van der Waals surface area contributed by atoms with Gasteiger partial charge >= 0.3 is 0 Å². The lowest BCUT2D eigenvalue weighted by Gasteiger charge is -1.99. The van der Waals surface area contributed by atoms with E-state index in [-0.39, 0.29) is 11.3 Å². The molecule has 1 nitrogen and oxygen atoms in total. The summed E-state index contributed by atoms with van der Waals surface area (Å²) in [4.78, 5) is 2.75. The fourth-order valence-corrected chi connectivity index (χ4v) is 0.751. The van der Waals surface area contributed by atoms with Gasteiger partial charge in [-0.1, -0.05) is 6.07 Å². The SMILES string of the molecule is [C-]#[N+]c1cc(C(F)F)ccc1F. The van der Waals surface area contributed by atoms with Crippen molar-refractivity contribution >= 4 is 5.69 Å². The zero-order chi connectivity index (χ0) is 9.14. The van der Waals surface area contributed by atoms with Gasteiger partial charge in [-0.2, -0.15) is 0 Å². The Morgan fingerprint density at radius 1 is 1.33 bits per heavy atom. The smallest absolute Gasteiger partial charge is 0.235 e. The topological polar surface area (TPSA) is 4.36 Å². The van der Waals surface area contributed by atoms with Crippen LogP contribution >= 0.6 is 0 Å². The number of hydrogen-bond donors (Lipinski definition) is 0. The Balaban J connectivity index is 3.16. The Kier molecular flexibility index (Phi) is 2.34. The van der Waals surface area contributed by atoms with E-state index in [0.717, 1.165) is 18.2 Å². The summed E-state index contributed by atoms with van der Waals surface area (Å²) in [5.41, 5.74) is -0.699.